The van der Waals surface area contributed by atoms with E-state index in [0.29, 0.717) is 12.8 Å². The maximum Gasteiger partial charge on any atom is 0.220 e. The molecule has 0 fully saturated rings. The van der Waals surface area contributed by atoms with Crippen molar-refractivity contribution in [2.24, 2.45) is 0 Å². The van der Waals surface area contributed by atoms with E-state index in [1.807, 2.05) is 0 Å². The van der Waals surface area contributed by atoms with Gasteiger partial charge in [0.25, 0.3) is 0 Å². The molecule has 4 heteroatoms. The molecule has 1 amide bonds. The van der Waals surface area contributed by atoms with Crippen LogP contribution in [0.1, 0.15) is 386 Å². The molecule has 0 aliphatic rings. The summed E-state index contributed by atoms with van der Waals surface area (Å²) in [5.74, 6) is -0.0225. The van der Waals surface area contributed by atoms with Crippen LogP contribution in [-0.2, 0) is 4.79 Å². The van der Waals surface area contributed by atoms with Gasteiger partial charge in [-0.3, -0.25) is 4.79 Å². The van der Waals surface area contributed by atoms with Crippen molar-refractivity contribution in [3.63, 3.8) is 0 Å². The lowest BCUT2D eigenvalue weighted by Gasteiger charge is -2.22. The van der Waals surface area contributed by atoms with Crippen molar-refractivity contribution < 1.29 is 15.0 Å². The van der Waals surface area contributed by atoms with Gasteiger partial charge in [-0.2, -0.15) is 0 Å². The molecule has 0 aliphatic heterocycles. The lowest BCUT2D eigenvalue weighted by Crippen LogP contribution is -2.45. The van der Waals surface area contributed by atoms with Crippen molar-refractivity contribution in [1.29, 1.82) is 0 Å². The Bertz CT molecular complexity index is 1130. The number of hydrogen-bond acceptors (Lipinski definition) is 3. The number of hydrogen-bond donors (Lipinski definition) is 3. The summed E-state index contributed by atoms with van der Waals surface area (Å²) in [6.07, 6.45) is 90.5. The minimum Gasteiger partial charge on any atom is -0.394 e. The van der Waals surface area contributed by atoms with Gasteiger partial charge < -0.3 is 15.5 Å². The molecule has 0 spiro atoms. The van der Waals surface area contributed by atoms with Gasteiger partial charge in [0.15, 0.2) is 0 Å². The lowest BCUT2D eigenvalue weighted by molar-refractivity contribution is -0.123. The van der Waals surface area contributed by atoms with Crippen molar-refractivity contribution in [2.75, 3.05) is 6.61 Å². The summed E-state index contributed by atoms with van der Waals surface area (Å²) in [6.45, 7) is 4.39. The van der Waals surface area contributed by atoms with Crippen LogP contribution in [0.2, 0.25) is 0 Å². The molecular weight excluding hydrogens is 903 g/mol. The van der Waals surface area contributed by atoms with Gasteiger partial charge in [-0.25, -0.2) is 0 Å². The van der Waals surface area contributed by atoms with Gasteiger partial charge in [0.05, 0.1) is 18.8 Å². The zero-order valence-corrected chi connectivity index (χ0v) is 50.6. The minimum atomic E-state index is -0.658. The quantitative estimate of drug-likeness (QED) is 0.0420. The van der Waals surface area contributed by atoms with Crippen molar-refractivity contribution in [2.45, 2.75) is 398 Å². The SMILES string of the molecule is CCCCCCC/C=C\C/C=C\C/C=C\CCCCCCCCCCCCCCCCCCCCCCCCCCCCC(=O)NC(CO)C(O)CCCCCCCCCCCCCCCCCCCCCCC. The van der Waals surface area contributed by atoms with Crippen LogP contribution in [0.25, 0.3) is 0 Å². The van der Waals surface area contributed by atoms with Gasteiger partial charge in [-0.05, 0) is 51.4 Å². The molecule has 0 aromatic carbocycles. The van der Waals surface area contributed by atoms with Gasteiger partial charge >= 0.3 is 0 Å². The van der Waals surface area contributed by atoms with Gasteiger partial charge in [0, 0.05) is 6.42 Å². The third-order valence-corrected chi connectivity index (χ3v) is 16.2. The van der Waals surface area contributed by atoms with E-state index in [0.717, 1.165) is 38.5 Å². The number of amides is 1. The van der Waals surface area contributed by atoms with Gasteiger partial charge in [0.2, 0.25) is 5.91 Å². The smallest absolute Gasteiger partial charge is 0.220 e. The third-order valence-electron chi connectivity index (χ3n) is 16.2. The summed E-state index contributed by atoms with van der Waals surface area (Å²) < 4.78 is 0. The average molecular weight is 1040 g/mol. The predicted octanol–water partition coefficient (Wildman–Crippen LogP) is 23.2. The van der Waals surface area contributed by atoms with Crippen molar-refractivity contribution >= 4 is 5.91 Å². The molecular formula is C70H135NO3. The number of rotatable bonds is 64. The average Bonchev–Trinajstić information content (AvgIpc) is 3.40. The van der Waals surface area contributed by atoms with Crippen LogP contribution < -0.4 is 5.32 Å². The first kappa shape index (κ1) is 72.6. The molecule has 2 atom stereocenters. The number of carbonyl (C=O) groups excluding carboxylic acids is 1. The van der Waals surface area contributed by atoms with Crippen molar-refractivity contribution in [3.05, 3.63) is 36.5 Å². The van der Waals surface area contributed by atoms with Crippen LogP contribution in [0, 0.1) is 0 Å². The van der Waals surface area contributed by atoms with Crippen LogP contribution in [0.15, 0.2) is 36.5 Å². The Kier molecular flexibility index (Phi) is 64.7. The van der Waals surface area contributed by atoms with Gasteiger partial charge in [-0.1, -0.05) is 365 Å². The van der Waals surface area contributed by atoms with Gasteiger partial charge in [0.1, 0.15) is 0 Å². The molecule has 0 aromatic rings. The first-order valence-electron chi connectivity index (χ1n) is 34.2. The second-order valence-electron chi connectivity index (χ2n) is 23.6. The highest BCUT2D eigenvalue weighted by molar-refractivity contribution is 5.76. The van der Waals surface area contributed by atoms with E-state index in [2.05, 4.69) is 55.6 Å². The summed E-state index contributed by atoms with van der Waals surface area (Å²) in [7, 11) is 0. The molecule has 74 heavy (non-hydrogen) atoms. The first-order valence-corrected chi connectivity index (χ1v) is 34.2. The number of aliphatic hydroxyl groups excluding tert-OH is 2. The highest BCUT2D eigenvalue weighted by atomic mass is 16.3. The Morgan fingerprint density at radius 1 is 0.324 bits per heavy atom. The highest BCUT2D eigenvalue weighted by Crippen LogP contribution is 2.19. The Balaban J connectivity index is 3.37. The van der Waals surface area contributed by atoms with Crippen LogP contribution in [0.4, 0.5) is 0 Å². The maximum absolute atomic E-state index is 12.5. The number of aliphatic hydroxyl groups is 2. The number of nitrogens with one attached hydrogen (secondary N) is 1. The fraction of sp³-hybridized carbons (Fsp3) is 0.900. The summed E-state index contributed by atoms with van der Waals surface area (Å²) in [5, 5.41) is 23.4. The largest absolute Gasteiger partial charge is 0.394 e. The Morgan fingerprint density at radius 3 is 0.824 bits per heavy atom. The first-order chi connectivity index (χ1) is 36.7. The number of unbranched alkanes of at least 4 members (excludes halogenated alkanes) is 51. The molecule has 0 saturated carbocycles. The fourth-order valence-electron chi connectivity index (χ4n) is 11.0. The Hall–Kier alpha value is -1.39. The summed E-state index contributed by atoms with van der Waals surface area (Å²) in [6, 6.07) is -0.535. The molecule has 2 unspecified atom stereocenters. The maximum atomic E-state index is 12.5. The van der Waals surface area contributed by atoms with E-state index >= 15 is 0 Å². The Labute approximate surface area is 465 Å². The standard InChI is InChI=1S/C70H135NO3/c1-3-5-7-9-11-13-15-17-19-21-23-25-26-27-28-29-30-31-32-33-34-35-36-37-38-39-40-41-42-43-44-46-48-50-52-54-56-58-60-62-64-66-70(74)71-68(67-72)69(73)65-63-61-59-57-55-53-51-49-47-45-24-22-20-18-16-14-12-10-8-6-4-2/h15,17,21,23,26-27,68-69,72-73H,3-14,16,18-20,22,24-25,28-67H2,1-2H3,(H,71,74)/b17-15-,23-21-,27-26-. The number of carbonyl (C=O) groups is 1. The molecule has 0 aliphatic carbocycles. The van der Waals surface area contributed by atoms with E-state index in [-0.39, 0.29) is 12.5 Å². The number of allylic oxidation sites excluding steroid dienone is 6. The second kappa shape index (κ2) is 65.9. The molecule has 0 saturated heterocycles. The monoisotopic (exact) mass is 1040 g/mol. The summed E-state index contributed by atoms with van der Waals surface area (Å²) in [4.78, 5) is 12.5. The van der Waals surface area contributed by atoms with Crippen LogP contribution in [0.5, 0.6) is 0 Å². The lowest BCUT2D eigenvalue weighted by atomic mass is 10.0. The molecule has 0 heterocycles. The molecule has 0 radical (unpaired) electrons. The third kappa shape index (κ3) is 61.5. The van der Waals surface area contributed by atoms with Crippen LogP contribution in [0.3, 0.4) is 0 Å². The summed E-state index contributed by atoms with van der Waals surface area (Å²) >= 11 is 0. The predicted molar refractivity (Wildman–Crippen MR) is 332 cm³/mol. The van der Waals surface area contributed by atoms with E-state index in [4.69, 9.17) is 0 Å². The molecule has 4 nitrogen and oxygen atoms in total. The topological polar surface area (TPSA) is 69.6 Å². The zero-order valence-electron chi connectivity index (χ0n) is 50.6. The highest BCUT2D eigenvalue weighted by Gasteiger charge is 2.20. The second-order valence-corrected chi connectivity index (χ2v) is 23.6. The molecule has 438 valence electrons. The van der Waals surface area contributed by atoms with E-state index in [1.54, 1.807) is 0 Å². The zero-order chi connectivity index (χ0) is 53.4. The molecule has 0 rings (SSSR count). The fourth-order valence-corrected chi connectivity index (χ4v) is 11.0. The summed E-state index contributed by atoms with van der Waals surface area (Å²) in [5.41, 5.74) is 0. The molecule has 0 aromatic heterocycles. The van der Waals surface area contributed by atoms with Crippen molar-refractivity contribution in [3.8, 4) is 0 Å². The van der Waals surface area contributed by atoms with E-state index < -0.39 is 12.1 Å². The molecule has 0 bridgehead atoms. The van der Waals surface area contributed by atoms with Gasteiger partial charge in [-0.15, -0.1) is 0 Å². The normalized spacial score (nSPS) is 12.9. The van der Waals surface area contributed by atoms with Crippen molar-refractivity contribution in [1.82, 2.24) is 5.32 Å². The van der Waals surface area contributed by atoms with E-state index in [9.17, 15) is 15.0 Å². The van der Waals surface area contributed by atoms with E-state index in [1.165, 1.54) is 321 Å². The van der Waals surface area contributed by atoms with Crippen LogP contribution in [-0.4, -0.2) is 34.9 Å². The van der Waals surface area contributed by atoms with Crippen LogP contribution >= 0.6 is 0 Å². The Morgan fingerprint density at radius 2 is 0.554 bits per heavy atom. The molecule has 3 N–H and O–H groups in total. The minimum absolute atomic E-state index is 0.0225.